The highest BCUT2D eigenvalue weighted by atomic mass is 79.9. The van der Waals surface area contributed by atoms with Gasteiger partial charge >= 0.3 is 0 Å². The minimum Gasteiger partial charge on any atom is -0.353 e. The Bertz CT molecular complexity index is 277. The maximum atomic E-state index is 5.74. The zero-order valence-electron chi connectivity index (χ0n) is 10.4. The molecule has 1 fully saturated rings. The van der Waals surface area contributed by atoms with Crippen molar-refractivity contribution in [3.8, 4) is 0 Å². The molecule has 4 heteroatoms. The van der Waals surface area contributed by atoms with Crippen molar-refractivity contribution in [1.29, 1.82) is 0 Å². The maximum Gasteiger partial charge on any atom is 0.157 e. The zero-order valence-corrected chi connectivity index (χ0v) is 13.6. The van der Waals surface area contributed by atoms with Gasteiger partial charge in [-0.1, -0.05) is 18.6 Å². The van der Waals surface area contributed by atoms with Crippen LogP contribution in [0.25, 0.3) is 0 Å². The second-order valence-corrected chi connectivity index (χ2v) is 7.22. The lowest BCUT2D eigenvalue weighted by Gasteiger charge is -2.23. The van der Waals surface area contributed by atoms with Gasteiger partial charge in [0.15, 0.2) is 6.29 Å². The molecule has 0 aliphatic carbocycles. The molecule has 0 bridgehead atoms. The third-order valence-corrected chi connectivity index (χ3v) is 3.02. The first kappa shape index (κ1) is 15.4. The Morgan fingerprint density at radius 3 is 2.82 bits per heavy atom. The van der Waals surface area contributed by atoms with Crippen molar-refractivity contribution in [2.24, 2.45) is 5.92 Å². The summed E-state index contributed by atoms with van der Waals surface area (Å²) in [6, 6.07) is 0. The van der Waals surface area contributed by atoms with Gasteiger partial charge < -0.3 is 9.47 Å². The second kappa shape index (κ2) is 8.46. The van der Waals surface area contributed by atoms with E-state index in [1.807, 2.05) is 6.08 Å². The first-order valence-electron chi connectivity index (χ1n) is 6.02. The van der Waals surface area contributed by atoms with Gasteiger partial charge in [0.05, 0.1) is 10.00 Å². The van der Waals surface area contributed by atoms with Gasteiger partial charge in [0, 0.05) is 6.61 Å². The molecule has 2 atom stereocenters. The van der Waals surface area contributed by atoms with Gasteiger partial charge in [-0.25, -0.2) is 0 Å². The topological polar surface area (TPSA) is 18.5 Å². The average Bonchev–Trinajstić information content (AvgIpc) is 2.26. The predicted molar refractivity (Wildman–Crippen MR) is 78.4 cm³/mol. The summed E-state index contributed by atoms with van der Waals surface area (Å²) in [6.07, 6.45) is 7.66. The Kier molecular flexibility index (Phi) is 7.67. The summed E-state index contributed by atoms with van der Waals surface area (Å²) in [7, 11) is 0. The normalized spacial score (nSPS) is 23.3. The van der Waals surface area contributed by atoms with Crippen LogP contribution in [0, 0.1) is 5.92 Å². The molecule has 17 heavy (non-hydrogen) atoms. The standard InChI is InChI=1S/C13H20Br2O2/c1-10(8-12(14)15)7-11(2)9-17-13-5-3-4-6-16-13/h7-8,11,13H,3-6,9H2,1-2H3/b10-7+. The van der Waals surface area contributed by atoms with E-state index in [9.17, 15) is 0 Å². The first-order valence-corrected chi connectivity index (χ1v) is 7.61. The summed E-state index contributed by atoms with van der Waals surface area (Å²) in [5.74, 6) is 0.399. The van der Waals surface area contributed by atoms with Crippen LogP contribution in [0.15, 0.2) is 21.1 Å². The number of hydrogen-bond acceptors (Lipinski definition) is 2. The molecule has 1 rings (SSSR count). The van der Waals surface area contributed by atoms with E-state index in [1.165, 1.54) is 18.4 Å². The third-order valence-electron chi connectivity index (χ3n) is 2.57. The van der Waals surface area contributed by atoms with E-state index < -0.39 is 0 Å². The lowest BCUT2D eigenvalue weighted by molar-refractivity contribution is -0.166. The maximum absolute atomic E-state index is 5.74. The molecule has 0 amide bonds. The molecular weight excluding hydrogens is 348 g/mol. The molecule has 1 saturated heterocycles. The van der Waals surface area contributed by atoms with Crippen molar-refractivity contribution in [3.05, 3.63) is 21.1 Å². The average molecular weight is 368 g/mol. The predicted octanol–water partition coefficient (Wildman–Crippen LogP) is 4.74. The molecule has 1 aliphatic rings. The second-order valence-electron chi connectivity index (χ2n) is 4.45. The first-order chi connectivity index (χ1) is 8.08. The van der Waals surface area contributed by atoms with Gasteiger partial charge in [-0.3, -0.25) is 0 Å². The van der Waals surface area contributed by atoms with Crippen LogP contribution in [-0.4, -0.2) is 19.5 Å². The number of rotatable bonds is 5. The molecule has 0 aromatic heterocycles. The molecule has 1 aliphatic heterocycles. The summed E-state index contributed by atoms with van der Waals surface area (Å²) in [5.41, 5.74) is 1.22. The van der Waals surface area contributed by atoms with Gasteiger partial charge in [-0.15, -0.1) is 0 Å². The van der Waals surface area contributed by atoms with Crippen LogP contribution in [0.1, 0.15) is 33.1 Å². The highest BCUT2D eigenvalue weighted by molar-refractivity contribution is 9.28. The van der Waals surface area contributed by atoms with Gasteiger partial charge in [-0.2, -0.15) is 0 Å². The van der Waals surface area contributed by atoms with Crippen LogP contribution in [-0.2, 0) is 9.47 Å². The molecule has 0 spiro atoms. The molecule has 0 radical (unpaired) electrons. The smallest absolute Gasteiger partial charge is 0.157 e. The fourth-order valence-corrected chi connectivity index (χ4v) is 2.54. The number of ether oxygens (including phenoxy) is 2. The van der Waals surface area contributed by atoms with Crippen molar-refractivity contribution >= 4 is 31.9 Å². The number of halogens is 2. The van der Waals surface area contributed by atoms with Crippen LogP contribution in [0.3, 0.4) is 0 Å². The zero-order chi connectivity index (χ0) is 12.7. The van der Waals surface area contributed by atoms with Gasteiger partial charge in [-0.05, 0) is 70.0 Å². The van der Waals surface area contributed by atoms with Crippen LogP contribution < -0.4 is 0 Å². The van der Waals surface area contributed by atoms with Crippen molar-refractivity contribution < 1.29 is 9.47 Å². The summed E-state index contributed by atoms with van der Waals surface area (Å²) in [4.78, 5) is 0. The Balaban J connectivity index is 2.28. The van der Waals surface area contributed by atoms with Crippen LogP contribution >= 0.6 is 31.9 Å². The summed E-state index contributed by atoms with van der Waals surface area (Å²) >= 11 is 6.70. The van der Waals surface area contributed by atoms with E-state index in [0.717, 1.165) is 23.0 Å². The largest absolute Gasteiger partial charge is 0.353 e. The molecule has 0 aromatic carbocycles. The van der Waals surface area contributed by atoms with Crippen LogP contribution in [0.2, 0.25) is 0 Å². The lowest BCUT2D eigenvalue weighted by atomic mass is 10.1. The molecule has 2 unspecified atom stereocenters. The van der Waals surface area contributed by atoms with Crippen molar-refractivity contribution in [2.75, 3.05) is 13.2 Å². The highest BCUT2D eigenvalue weighted by Gasteiger charge is 2.14. The fraction of sp³-hybridized carbons (Fsp3) is 0.692. The molecule has 0 saturated carbocycles. The highest BCUT2D eigenvalue weighted by Crippen LogP contribution is 2.18. The van der Waals surface area contributed by atoms with Crippen molar-refractivity contribution in [1.82, 2.24) is 0 Å². The Morgan fingerprint density at radius 1 is 1.47 bits per heavy atom. The van der Waals surface area contributed by atoms with E-state index in [1.54, 1.807) is 0 Å². The van der Waals surface area contributed by atoms with Crippen molar-refractivity contribution in [3.63, 3.8) is 0 Å². The SMILES string of the molecule is C/C(C=C(Br)Br)=C\C(C)COC1CCCCO1. The Hall–Kier alpha value is 0.360. The monoisotopic (exact) mass is 366 g/mol. The Morgan fingerprint density at radius 2 is 2.24 bits per heavy atom. The summed E-state index contributed by atoms with van der Waals surface area (Å²) < 4.78 is 12.2. The lowest BCUT2D eigenvalue weighted by Crippen LogP contribution is -2.24. The molecule has 0 N–H and O–H groups in total. The Labute approximate surface area is 121 Å². The van der Waals surface area contributed by atoms with Crippen LogP contribution in [0.5, 0.6) is 0 Å². The van der Waals surface area contributed by atoms with Crippen LogP contribution in [0.4, 0.5) is 0 Å². The van der Waals surface area contributed by atoms with E-state index in [-0.39, 0.29) is 6.29 Å². The molecule has 98 valence electrons. The number of hydrogen-bond donors (Lipinski definition) is 0. The molecule has 0 aromatic rings. The third kappa shape index (κ3) is 7.39. The fourth-order valence-electron chi connectivity index (χ4n) is 1.82. The van der Waals surface area contributed by atoms with Crippen molar-refractivity contribution in [2.45, 2.75) is 39.4 Å². The van der Waals surface area contributed by atoms with E-state index in [2.05, 4.69) is 51.8 Å². The van der Waals surface area contributed by atoms with E-state index >= 15 is 0 Å². The summed E-state index contributed by atoms with van der Waals surface area (Å²) in [5, 5.41) is 0. The minimum absolute atomic E-state index is 0.0124. The minimum atomic E-state index is 0.0124. The molecule has 1 heterocycles. The van der Waals surface area contributed by atoms with Gasteiger partial charge in [0.1, 0.15) is 0 Å². The summed E-state index contributed by atoms with van der Waals surface area (Å²) in [6.45, 7) is 5.79. The van der Waals surface area contributed by atoms with E-state index in [4.69, 9.17) is 9.47 Å². The number of allylic oxidation sites excluding steroid dienone is 2. The molecule has 2 nitrogen and oxygen atoms in total. The van der Waals surface area contributed by atoms with E-state index in [0.29, 0.717) is 5.92 Å². The molecular formula is C13H20Br2O2. The quantitative estimate of drug-likeness (QED) is 0.653. The van der Waals surface area contributed by atoms with Gasteiger partial charge in [0.25, 0.3) is 0 Å². The van der Waals surface area contributed by atoms with Gasteiger partial charge in [0.2, 0.25) is 0 Å².